The van der Waals surface area contributed by atoms with Crippen LogP contribution in [0.1, 0.15) is 23.3 Å². The molecule has 164 valence electrons. The van der Waals surface area contributed by atoms with Crippen molar-refractivity contribution in [2.24, 2.45) is 0 Å². The summed E-state index contributed by atoms with van der Waals surface area (Å²) in [7, 11) is 4.53. The van der Waals surface area contributed by atoms with Gasteiger partial charge in [0.1, 0.15) is 35.2 Å². The fraction of sp³-hybridized carbons (Fsp3) is 0.429. The van der Waals surface area contributed by atoms with Gasteiger partial charge in [0, 0.05) is 33.5 Å². The number of hydrogen-bond donors (Lipinski definition) is 2. The zero-order valence-electron chi connectivity index (χ0n) is 17.1. The summed E-state index contributed by atoms with van der Waals surface area (Å²) < 4.78 is 37.3. The molecule has 2 aromatic carbocycles. The molecule has 0 amide bonds. The van der Waals surface area contributed by atoms with Crippen LogP contribution in [-0.4, -0.2) is 58.0 Å². The lowest BCUT2D eigenvalue weighted by molar-refractivity contribution is -0.0724. The molecule has 0 unspecified atom stereocenters. The van der Waals surface area contributed by atoms with Gasteiger partial charge in [0.2, 0.25) is 0 Å². The van der Waals surface area contributed by atoms with Crippen molar-refractivity contribution in [2.75, 3.05) is 41.7 Å². The molecule has 9 nitrogen and oxygen atoms in total. The van der Waals surface area contributed by atoms with Crippen molar-refractivity contribution < 1.29 is 43.4 Å². The van der Waals surface area contributed by atoms with Gasteiger partial charge >= 0.3 is 0 Å². The molecule has 9 heteroatoms. The molecule has 1 heterocycles. The van der Waals surface area contributed by atoms with E-state index in [1.54, 1.807) is 36.4 Å². The van der Waals surface area contributed by atoms with Gasteiger partial charge in [-0.1, -0.05) is 12.1 Å². The van der Waals surface area contributed by atoms with Gasteiger partial charge in [-0.15, -0.1) is 0 Å². The Bertz CT molecular complexity index is 809. The Labute approximate surface area is 174 Å². The first-order valence-electron chi connectivity index (χ1n) is 9.25. The number of methoxy groups -OCH3 is 3. The minimum Gasteiger partial charge on any atom is -0.482 e. The third-order valence-corrected chi connectivity index (χ3v) is 4.49. The first-order valence-corrected chi connectivity index (χ1v) is 9.25. The molecule has 0 fully saturated rings. The van der Waals surface area contributed by atoms with Crippen molar-refractivity contribution in [2.45, 2.75) is 18.3 Å². The maximum atomic E-state index is 10.8. The highest BCUT2D eigenvalue weighted by Crippen LogP contribution is 2.47. The van der Waals surface area contributed by atoms with E-state index in [1.807, 2.05) is 0 Å². The summed E-state index contributed by atoms with van der Waals surface area (Å²) in [6, 6.07) is 10.2. The molecule has 2 aromatic rings. The summed E-state index contributed by atoms with van der Waals surface area (Å²) in [6.45, 7) is 0.109. The monoisotopic (exact) mass is 422 g/mol. The summed E-state index contributed by atoms with van der Waals surface area (Å²) in [5.41, 5.74) is 0.986. The molecule has 1 aliphatic heterocycles. The Morgan fingerprint density at radius 1 is 0.800 bits per heavy atom. The predicted octanol–water partition coefficient (Wildman–Crippen LogP) is 2.16. The molecule has 30 heavy (non-hydrogen) atoms. The molecule has 2 N–H and O–H groups in total. The minimum absolute atomic E-state index is 0.0278. The van der Waals surface area contributed by atoms with Crippen molar-refractivity contribution in [1.82, 2.24) is 0 Å². The van der Waals surface area contributed by atoms with E-state index in [2.05, 4.69) is 0 Å². The standard InChI is InChI=1S/C21H26O9/c1-24-10-27-14-6-4-13(5-7-14)21-20(23)19(22)18-16(29-12-26-3)8-15(28-11-25-2)9-17(18)30-21/h4-9,19-23H,10-12H2,1-3H3/t19-,20-,21+/m0/s1. The van der Waals surface area contributed by atoms with Gasteiger partial charge in [-0.2, -0.15) is 0 Å². The predicted molar refractivity (Wildman–Crippen MR) is 105 cm³/mol. The Morgan fingerprint density at radius 3 is 2.03 bits per heavy atom. The summed E-state index contributed by atoms with van der Waals surface area (Å²) in [6.07, 6.45) is -3.28. The summed E-state index contributed by atoms with van der Waals surface area (Å²) in [5, 5.41) is 21.6. The van der Waals surface area contributed by atoms with Crippen molar-refractivity contribution in [3.05, 3.63) is 47.5 Å². The Balaban J connectivity index is 1.91. The first-order chi connectivity index (χ1) is 14.6. The highest BCUT2D eigenvalue weighted by atomic mass is 16.7. The number of ether oxygens (including phenoxy) is 7. The highest BCUT2D eigenvalue weighted by molar-refractivity contribution is 5.54. The van der Waals surface area contributed by atoms with Gasteiger partial charge in [0.25, 0.3) is 0 Å². The van der Waals surface area contributed by atoms with Crippen LogP contribution in [0.3, 0.4) is 0 Å². The van der Waals surface area contributed by atoms with E-state index in [0.717, 1.165) is 0 Å². The summed E-state index contributed by atoms with van der Waals surface area (Å²) in [4.78, 5) is 0. The quantitative estimate of drug-likeness (QED) is 0.557. The summed E-state index contributed by atoms with van der Waals surface area (Å²) >= 11 is 0. The van der Waals surface area contributed by atoms with Gasteiger partial charge < -0.3 is 43.4 Å². The average Bonchev–Trinajstić information content (AvgIpc) is 2.77. The number of aliphatic hydroxyl groups is 2. The molecule has 0 spiro atoms. The number of benzene rings is 2. The molecule has 3 atom stereocenters. The normalized spacial score (nSPS) is 20.2. The van der Waals surface area contributed by atoms with E-state index in [-0.39, 0.29) is 26.1 Å². The molecule has 0 aromatic heterocycles. The lowest BCUT2D eigenvalue weighted by Crippen LogP contribution is -2.34. The van der Waals surface area contributed by atoms with Gasteiger partial charge in [-0.25, -0.2) is 0 Å². The molecule has 0 aliphatic carbocycles. The van der Waals surface area contributed by atoms with E-state index in [4.69, 9.17) is 33.2 Å². The van der Waals surface area contributed by atoms with E-state index >= 15 is 0 Å². The van der Waals surface area contributed by atoms with Crippen molar-refractivity contribution in [3.63, 3.8) is 0 Å². The second kappa shape index (κ2) is 10.5. The van der Waals surface area contributed by atoms with Crippen molar-refractivity contribution in [1.29, 1.82) is 0 Å². The highest BCUT2D eigenvalue weighted by Gasteiger charge is 2.39. The second-order valence-electron chi connectivity index (χ2n) is 6.53. The van der Waals surface area contributed by atoms with Crippen molar-refractivity contribution in [3.8, 4) is 23.0 Å². The second-order valence-corrected chi connectivity index (χ2v) is 6.53. The number of hydrogen-bond acceptors (Lipinski definition) is 9. The Kier molecular flexibility index (Phi) is 7.72. The Hall–Kier alpha value is -2.56. The largest absolute Gasteiger partial charge is 0.482 e. The van der Waals surface area contributed by atoms with Crippen LogP contribution in [0.15, 0.2) is 36.4 Å². The Morgan fingerprint density at radius 2 is 1.40 bits per heavy atom. The van der Waals surface area contributed by atoms with E-state index in [1.165, 1.54) is 21.3 Å². The van der Waals surface area contributed by atoms with E-state index in [0.29, 0.717) is 28.4 Å². The zero-order chi connectivity index (χ0) is 21.5. The number of aliphatic hydroxyl groups excluding tert-OH is 2. The van der Waals surface area contributed by atoms with E-state index in [9.17, 15) is 10.2 Å². The minimum atomic E-state index is -1.24. The number of rotatable bonds is 10. The van der Waals surface area contributed by atoms with Crippen molar-refractivity contribution >= 4 is 0 Å². The topological polar surface area (TPSA) is 105 Å². The van der Waals surface area contributed by atoms with Crippen LogP contribution in [0.2, 0.25) is 0 Å². The fourth-order valence-corrected chi connectivity index (χ4v) is 3.11. The smallest absolute Gasteiger partial charge is 0.188 e. The van der Waals surface area contributed by atoms with Crippen LogP contribution in [0.5, 0.6) is 23.0 Å². The average molecular weight is 422 g/mol. The lowest BCUT2D eigenvalue weighted by Gasteiger charge is -2.35. The van der Waals surface area contributed by atoms with Crippen LogP contribution < -0.4 is 18.9 Å². The van der Waals surface area contributed by atoms with Crippen LogP contribution in [0.4, 0.5) is 0 Å². The van der Waals surface area contributed by atoms with Crippen LogP contribution >= 0.6 is 0 Å². The third kappa shape index (κ3) is 4.94. The molecule has 1 aliphatic rings. The molecular weight excluding hydrogens is 396 g/mol. The molecule has 0 saturated carbocycles. The van der Waals surface area contributed by atoms with E-state index < -0.39 is 18.3 Å². The molecule has 0 saturated heterocycles. The molecule has 0 radical (unpaired) electrons. The summed E-state index contributed by atoms with van der Waals surface area (Å²) in [5.74, 6) is 1.65. The van der Waals surface area contributed by atoms with Crippen LogP contribution in [0, 0.1) is 0 Å². The maximum absolute atomic E-state index is 10.8. The van der Waals surface area contributed by atoms with Crippen LogP contribution in [0.25, 0.3) is 0 Å². The third-order valence-electron chi connectivity index (χ3n) is 4.49. The lowest BCUT2D eigenvalue weighted by atomic mass is 9.91. The van der Waals surface area contributed by atoms with Gasteiger partial charge in [-0.3, -0.25) is 0 Å². The van der Waals surface area contributed by atoms with Gasteiger partial charge in [0.05, 0.1) is 5.56 Å². The zero-order valence-corrected chi connectivity index (χ0v) is 17.1. The fourth-order valence-electron chi connectivity index (χ4n) is 3.11. The van der Waals surface area contributed by atoms with Gasteiger partial charge in [0.15, 0.2) is 26.5 Å². The first kappa shape index (κ1) is 22.1. The number of fused-ring (bicyclic) bond motifs is 1. The molecule has 3 rings (SSSR count). The van der Waals surface area contributed by atoms with Gasteiger partial charge in [-0.05, 0) is 17.7 Å². The SMILES string of the molecule is COCOc1ccc([C@H]2Oc3cc(OCOC)cc(OCOC)c3[C@H](O)[C@@H]2O)cc1. The molecule has 0 bridgehead atoms. The van der Waals surface area contributed by atoms with Crippen LogP contribution in [-0.2, 0) is 14.2 Å². The molecular formula is C21H26O9. The maximum Gasteiger partial charge on any atom is 0.188 e.